The van der Waals surface area contributed by atoms with Gasteiger partial charge in [0.05, 0.1) is 0 Å². The van der Waals surface area contributed by atoms with Crippen molar-refractivity contribution in [2.75, 3.05) is 5.32 Å². The van der Waals surface area contributed by atoms with Gasteiger partial charge in [0.25, 0.3) is 0 Å². The van der Waals surface area contributed by atoms with E-state index >= 15 is 0 Å². The fourth-order valence-electron chi connectivity index (χ4n) is 1.28. The number of thioether (sulfide) groups is 1. The summed E-state index contributed by atoms with van der Waals surface area (Å²) < 4.78 is 1.54. The molecule has 96 valence electrons. The zero-order valence-corrected chi connectivity index (χ0v) is 10.9. The fourth-order valence-corrected chi connectivity index (χ4v) is 1.94. The molecule has 1 amide bonds. The zero-order valence-electron chi connectivity index (χ0n) is 10.1. The molecule has 0 fully saturated rings. The monoisotopic (exact) mass is 266 g/mol. The van der Waals surface area contributed by atoms with Crippen LogP contribution in [0, 0.1) is 0 Å². The summed E-state index contributed by atoms with van der Waals surface area (Å²) in [5, 5.41) is 14.3. The molecule has 0 aliphatic heterocycles. The highest BCUT2D eigenvalue weighted by atomic mass is 32.2. The second-order valence-corrected chi connectivity index (χ2v) is 5.43. The minimum atomic E-state index is -0.198. The van der Waals surface area contributed by atoms with Crippen LogP contribution >= 0.6 is 11.8 Å². The lowest BCUT2D eigenvalue weighted by molar-refractivity contribution is -0.116. The van der Waals surface area contributed by atoms with Crippen LogP contribution in [0.1, 0.15) is 13.8 Å². The minimum absolute atomic E-state index is 0.153. The summed E-state index contributed by atoms with van der Waals surface area (Å²) in [7, 11) is 0. The molecule has 0 radical (unpaired) electrons. The summed E-state index contributed by atoms with van der Waals surface area (Å²) in [5.74, 6) is 0.159. The van der Waals surface area contributed by atoms with Gasteiger partial charge in [0.15, 0.2) is 0 Å². The Morgan fingerprint density at radius 3 is 3.11 bits per heavy atom. The summed E-state index contributed by atoms with van der Waals surface area (Å²) in [6.07, 6.45) is 3.35. The number of aromatic amines is 1. The molecule has 0 spiro atoms. The van der Waals surface area contributed by atoms with Crippen molar-refractivity contribution < 1.29 is 4.79 Å². The van der Waals surface area contributed by atoms with Crippen LogP contribution < -0.4 is 5.32 Å². The molecule has 0 aliphatic rings. The van der Waals surface area contributed by atoms with E-state index in [1.54, 1.807) is 18.5 Å². The number of aromatic nitrogens is 5. The summed E-state index contributed by atoms with van der Waals surface area (Å²) in [6, 6.07) is 1.76. The smallest absolute Gasteiger partial charge is 0.248 e. The summed E-state index contributed by atoms with van der Waals surface area (Å²) in [4.78, 5) is 15.8. The molecule has 2 rings (SSSR count). The number of hydrogen-bond acceptors (Lipinski definition) is 5. The van der Waals surface area contributed by atoms with Gasteiger partial charge in [-0.2, -0.15) is 10.1 Å². The van der Waals surface area contributed by atoms with Crippen molar-refractivity contribution in [2.24, 2.45) is 0 Å². The van der Waals surface area contributed by atoms with Crippen LogP contribution in [0.4, 0.5) is 5.95 Å². The first-order chi connectivity index (χ1) is 8.63. The molecular formula is C10H14N6OS. The third kappa shape index (κ3) is 3.59. The van der Waals surface area contributed by atoms with Crippen LogP contribution in [0.15, 0.2) is 23.6 Å². The van der Waals surface area contributed by atoms with Crippen molar-refractivity contribution in [3.05, 3.63) is 18.5 Å². The number of rotatable bonds is 5. The molecule has 0 bridgehead atoms. The average Bonchev–Trinajstić information content (AvgIpc) is 2.89. The van der Waals surface area contributed by atoms with Crippen molar-refractivity contribution in [3.8, 4) is 0 Å². The molecule has 2 aromatic heterocycles. The number of nitrogens with zero attached hydrogens (tertiary/aromatic N) is 4. The van der Waals surface area contributed by atoms with Crippen LogP contribution in [-0.4, -0.2) is 36.1 Å². The van der Waals surface area contributed by atoms with Crippen molar-refractivity contribution in [2.45, 2.75) is 30.8 Å². The first-order valence-corrected chi connectivity index (χ1v) is 6.38. The van der Waals surface area contributed by atoms with Gasteiger partial charge in [-0.25, -0.2) is 5.10 Å². The first kappa shape index (κ1) is 12.6. The lowest BCUT2D eigenvalue weighted by Gasteiger charge is -2.01. The van der Waals surface area contributed by atoms with Gasteiger partial charge in [0.1, 0.15) is 6.54 Å². The van der Waals surface area contributed by atoms with Crippen LogP contribution in [0.5, 0.6) is 0 Å². The maximum Gasteiger partial charge on any atom is 0.248 e. The van der Waals surface area contributed by atoms with Gasteiger partial charge >= 0.3 is 0 Å². The summed E-state index contributed by atoms with van der Waals surface area (Å²) in [6.45, 7) is 4.26. The van der Waals surface area contributed by atoms with Crippen LogP contribution in [0.3, 0.4) is 0 Å². The molecule has 0 aromatic carbocycles. The lowest BCUT2D eigenvalue weighted by atomic mass is 10.6. The standard InChI is InChI=1S/C10H14N6OS/c1-7(2)18-10-13-9(14-15-10)12-8(17)6-16-5-3-4-11-16/h3-5,7H,6H2,1-2H3,(H2,12,13,14,15,17). The Morgan fingerprint density at radius 2 is 2.44 bits per heavy atom. The largest absolute Gasteiger partial charge is 0.293 e. The van der Waals surface area contributed by atoms with E-state index in [0.29, 0.717) is 16.4 Å². The predicted molar refractivity (Wildman–Crippen MR) is 68.2 cm³/mol. The second-order valence-electron chi connectivity index (χ2n) is 3.89. The Labute approximate surface area is 108 Å². The number of carbonyl (C=O) groups excluding carboxylic acids is 1. The van der Waals surface area contributed by atoms with Crippen LogP contribution in [0.2, 0.25) is 0 Å². The van der Waals surface area contributed by atoms with Crippen molar-refractivity contribution >= 4 is 23.6 Å². The molecule has 0 aliphatic carbocycles. The number of amides is 1. The molecule has 2 heterocycles. The number of nitrogens with one attached hydrogen (secondary N) is 2. The molecular weight excluding hydrogens is 252 g/mol. The minimum Gasteiger partial charge on any atom is -0.293 e. The number of carbonyl (C=O) groups is 1. The zero-order chi connectivity index (χ0) is 13.0. The Kier molecular flexibility index (Phi) is 3.98. The van der Waals surface area contributed by atoms with Crippen molar-refractivity contribution in [1.82, 2.24) is 25.0 Å². The van der Waals surface area contributed by atoms with E-state index in [0.717, 1.165) is 0 Å². The first-order valence-electron chi connectivity index (χ1n) is 5.50. The number of H-pyrrole nitrogens is 1. The van der Waals surface area contributed by atoms with E-state index in [-0.39, 0.29) is 12.5 Å². The van der Waals surface area contributed by atoms with Gasteiger partial charge in [-0.1, -0.05) is 25.6 Å². The Hall–Kier alpha value is -1.83. The Balaban J connectivity index is 1.89. The fraction of sp³-hybridized carbons (Fsp3) is 0.400. The van der Waals surface area contributed by atoms with Crippen LogP contribution in [0.25, 0.3) is 0 Å². The normalized spacial score (nSPS) is 10.8. The predicted octanol–water partition coefficient (Wildman–Crippen LogP) is 1.14. The SMILES string of the molecule is CC(C)Sc1n[nH]c(NC(=O)Cn2cccn2)n1. The number of anilines is 1. The lowest BCUT2D eigenvalue weighted by Crippen LogP contribution is -2.19. The highest BCUT2D eigenvalue weighted by Crippen LogP contribution is 2.18. The van der Waals surface area contributed by atoms with E-state index < -0.39 is 0 Å². The molecule has 0 unspecified atom stereocenters. The Morgan fingerprint density at radius 1 is 1.61 bits per heavy atom. The molecule has 18 heavy (non-hydrogen) atoms. The maximum absolute atomic E-state index is 11.6. The van der Waals surface area contributed by atoms with Crippen molar-refractivity contribution in [3.63, 3.8) is 0 Å². The Bertz CT molecular complexity index is 506. The topological polar surface area (TPSA) is 88.5 Å². The van der Waals surface area contributed by atoms with Crippen LogP contribution in [-0.2, 0) is 11.3 Å². The average molecular weight is 266 g/mol. The van der Waals surface area contributed by atoms with E-state index in [1.165, 1.54) is 16.4 Å². The third-order valence-electron chi connectivity index (χ3n) is 1.93. The van der Waals surface area contributed by atoms with Crippen molar-refractivity contribution in [1.29, 1.82) is 0 Å². The molecule has 2 aromatic rings. The van der Waals surface area contributed by atoms with E-state index in [1.807, 2.05) is 0 Å². The van der Waals surface area contributed by atoms with Gasteiger partial charge in [-0.15, -0.1) is 5.10 Å². The molecule has 0 saturated carbocycles. The molecule has 2 N–H and O–H groups in total. The summed E-state index contributed by atoms with van der Waals surface area (Å²) in [5.41, 5.74) is 0. The second kappa shape index (κ2) is 5.67. The van der Waals surface area contributed by atoms with Gasteiger partial charge in [0, 0.05) is 17.6 Å². The van der Waals surface area contributed by atoms with Gasteiger partial charge < -0.3 is 0 Å². The van der Waals surface area contributed by atoms with Gasteiger partial charge in [-0.3, -0.25) is 14.8 Å². The molecule has 7 nitrogen and oxygen atoms in total. The molecule has 8 heteroatoms. The van der Waals surface area contributed by atoms with E-state index in [9.17, 15) is 4.79 Å². The molecule has 0 atom stereocenters. The van der Waals surface area contributed by atoms with Gasteiger partial charge in [-0.05, 0) is 6.07 Å². The van der Waals surface area contributed by atoms with Gasteiger partial charge in [0.2, 0.25) is 17.0 Å². The van der Waals surface area contributed by atoms with E-state index in [2.05, 4.69) is 39.4 Å². The van der Waals surface area contributed by atoms with E-state index in [4.69, 9.17) is 0 Å². The number of hydrogen-bond donors (Lipinski definition) is 2. The quantitative estimate of drug-likeness (QED) is 0.792. The molecule has 0 saturated heterocycles. The summed E-state index contributed by atoms with van der Waals surface area (Å²) >= 11 is 1.53. The highest BCUT2D eigenvalue weighted by Gasteiger charge is 2.09. The highest BCUT2D eigenvalue weighted by molar-refractivity contribution is 7.99. The third-order valence-corrected chi connectivity index (χ3v) is 2.79. The maximum atomic E-state index is 11.6.